The molecule has 0 aliphatic rings. The number of likely N-dealkylation sites (N-methyl/N-ethyl adjacent to an activating group) is 1. The van der Waals surface area contributed by atoms with Crippen molar-refractivity contribution < 1.29 is 4.79 Å². The fourth-order valence-electron chi connectivity index (χ4n) is 1.92. The molecular weight excluding hydrogens is 216 g/mol. The average molecular weight is 236 g/mol. The number of nitrogens with two attached hydrogens (primary N) is 2. The van der Waals surface area contributed by atoms with Crippen LogP contribution in [-0.2, 0) is 0 Å². The van der Waals surface area contributed by atoms with Gasteiger partial charge in [0.05, 0.1) is 5.56 Å². The molecule has 1 aromatic rings. The monoisotopic (exact) mass is 236 g/mol. The molecule has 0 bridgehead atoms. The van der Waals surface area contributed by atoms with Gasteiger partial charge in [-0.1, -0.05) is 0 Å². The molecule has 4 N–H and O–H groups in total. The summed E-state index contributed by atoms with van der Waals surface area (Å²) in [5.74, 6) is 0.198. The number of primary amides is 1. The molecule has 0 aliphatic carbocycles. The van der Waals surface area contributed by atoms with Crippen LogP contribution in [0, 0.1) is 13.8 Å². The van der Waals surface area contributed by atoms with E-state index in [1.54, 1.807) is 0 Å². The van der Waals surface area contributed by atoms with Gasteiger partial charge in [0.25, 0.3) is 5.91 Å². The van der Waals surface area contributed by atoms with Crippen LogP contribution in [0.2, 0.25) is 0 Å². The lowest BCUT2D eigenvalue weighted by Crippen LogP contribution is -2.32. The van der Waals surface area contributed by atoms with Crippen LogP contribution in [0.4, 0.5) is 5.82 Å². The van der Waals surface area contributed by atoms with Crippen LogP contribution < -0.4 is 16.4 Å². The number of carbonyl (C=O) groups is 1. The summed E-state index contributed by atoms with van der Waals surface area (Å²) < 4.78 is 0. The van der Waals surface area contributed by atoms with Crippen molar-refractivity contribution in [2.75, 3.05) is 24.5 Å². The highest BCUT2D eigenvalue weighted by molar-refractivity contribution is 5.99. The Morgan fingerprint density at radius 3 is 2.59 bits per heavy atom. The molecular formula is C12H20N4O. The first-order valence-electron chi connectivity index (χ1n) is 5.74. The Labute approximate surface area is 102 Å². The topological polar surface area (TPSA) is 85.2 Å². The van der Waals surface area contributed by atoms with Gasteiger partial charge in [0.2, 0.25) is 0 Å². The Hall–Kier alpha value is -1.62. The molecule has 1 aromatic heterocycles. The Balaban J connectivity index is 3.32. The van der Waals surface area contributed by atoms with Gasteiger partial charge in [0.1, 0.15) is 5.82 Å². The van der Waals surface area contributed by atoms with Crippen molar-refractivity contribution in [1.29, 1.82) is 0 Å². The molecule has 0 spiro atoms. The highest BCUT2D eigenvalue weighted by Crippen LogP contribution is 2.21. The van der Waals surface area contributed by atoms with Crippen molar-refractivity contribution in [3.63, 3.8) is 0 Å². The second-order valence-electron chi connectivity index (χ2n) is 4.01. The Kier molecular flexibility index (Phi) is 4.45. The Morgan fingerprint density at radius 2 is 2.12 bits per heavy atom. The zero-order valence-electron chi connectivity index (χ0n) is 10.7. The molecule has 5 heteroatoms. The lowest BCUT2D eigenvalue weighted by Gasteiger charge is -2.24. The number of anilines is 1. The maximum absolute atomic E-state index is 11.5. The van der Waals surface area contributed by atoms with Crippen molar-refractivity contribution in [2.45, 2.75) is 20.8 Å². The molecule has 0 saturated heterocycles. The summed E-state index contributed by atoms with van der Waals surface area (Å²) in [6.07, 6.45) is 0. The molecule has 1 heterocycles. The molecule has 0 atom stereocenters. The molecule has 1 rings (SSSR count). The van der Waals surface area contributed by atoms with Gasteiger partial charge in [-0.3, -0.25) is 4.79 Å². The van der Waals surface area contributed by atoms with Gasteiger partial charge in [-0.25, -0.2) is 4.98 Å². The van der Waals surface area contributed by atoms with Gasteiger partial charge >= 0.3 is 0 Å². The molecule has 1 amide bonds. The average Bonchev–Trinajstić information content (AvgIpc) is 2.23. The van der Waals surface area contributed by atoms with Gasteiger partial charge in [0.15, 0.2) is 0 Å². The van der Waals surface area contributed by atoms with E-state index in [4.69, 9.17) is 11.5 Å². The predicted octanol–water partition coefficient (Wildman–Crippen LogP) is 0.582. The summed E-state index contributed by atoms with van der Waals surface area (Å²) in [6, 6.07) is 1.86. The van der Waals surface area contributed by atoms with Crippen LogP contribution in [0.15, 0.2) is 6.07 Å². The summed E-state index contributed by atoms with van der Waals surface area (Å²) >= 11 is 0. The third kappa shape index (κ3) is 2.94. The molecule has 0 fully saturated rings. The van der Waals surface area contributed by atoms with E-state index in [9.17, 15) is 4.79 Å². The SMILES string of the molecule is CCN(CCN)c1nc(C)cc(C)c1C(N)=O. The van der Waals surface area contributed by atoms with Crippen molar-refractivity contribution in [2.24, 2.45) is 11.5 Å². The third-order valence-corrected chi connectivity index (χ3v) is 2.65. The van der Waals surface area contributed by atoms with Crippen molar-refractivity contribution in [3.05, 3.63) is 22.9 Å². The minimum Gasteiger partial charge on any atom is -0.365 e. The van der Waals surface area contributed by atoms with Gasteiger partial charge < -0.3 is 16.4 Å². The maximum atomic E-state index is 11.5. The first-order valence-corrected chi connectivity index (χ1v) is 5.74. The van der Waals surface area contributed by atoms with Crippen LogP contribution in [0.3, 0.4) is 0 Å². The minimum absolute atomic E-state index is 0.444. The number of carbonyl (C=O) groups excluding carboxylic acids is 1. The van der Waals surface area contributed by atoms with E-state index in [1.807, 2.05) is 31.7 Å². The van der Waals surface area contributed by atoms with E-state index in [0.29, 0.717) is 24.5 Å². The van der Waals surface area contributed by atoms with Crippen molar-refractivity contribution in [1.82, 2.24) is 4.98 Å². The number of hydrogen-bond acceptors (Lipinski definition) is 4. The lowest BCUT2D eigenvalue weighted by molar-refractivity contribution is 0.1000. The van der Waals surface area contributed by atoms with E-state index < -0.39 is 5.91 Å². The third-order valence-electron chi connectivity index (χ3n) is 2.65. The van der Waals surface area contributed by atoms with Gasteiger partial charge in [-0.05, 0) is 32.4 Å². The van der Waals surface area contributed by atoms with E-state index in [2.05, 4.69) is 4.98 Å². The second-order valence-corrected chi connectivity index (χ2v) is 4.01. The maximum Gasteiger partial charge on any atom is 0.252 e. The van der Waals surface area contributed by atoms with Gasteiger partial charge in [-0.15, -0.1) is 0 Å². The number of amides is 1. The molecule has 5 nitrogen and oxygen atoms in total. The molecule has 0 unspecified atom stereocenters. The first kappa shape index (κ1) is 13.4. The Morgan fingerprint density at radius 1 is 1.47 bits per heavy atom. The summed E-state index contributed by atoms with van der Waals surface area (Å²) in [6.45, 7) is 7.69. The van der Waals surface area contributed by atoms with Crippen LogP contribution >= 0.6 is 0 Å². The summed E-state index contributed by atoms with van der Waals surface area (Å²) in [5.41, 5.74) is 13.2. The molecule has 94 valence electrons. The van der Waals surface area contributed by atoms with E-state index >= 15 is 0 Å². The lowest BCUT2D eigenvalue weighted by atomic mass is 10.1. The largest absolute Gasteiger partial charge is 0.365 e. The number of aryl methyl sites for hydroxylation is 2. The zero-order chi connectivity index (χ0) is 13.0. The smallest absolute Gasteiger partial charge is 0.252 e. The van der Waals surface area contributed by atoms with Crippen LogP contribution in [0.1, 0.15) is 28.5 Å². The minimum atomic E-state index is -0.444. The van der Waals surface area contributed by atoms with Crippen molar-refractivity contribution in [3.8, 4) is 0 Å². The van der Waals surface area contributed by atoms with E-state index in [-0.39, 0.29) is 0 Å². The quantitative estimate of drug-likeness (QED) is 0.783. The Bertz CT molecular complexity index is 417. The normalized spacial score (nSPS) is 10.4. The van der Waals surface area contributed by atoms with Crippen LogP contribution in [0.5, 0.6) is 0 Å². The molecule has 0 radical (unpaired) electrons. The summed E-state index contributed by atoms with van der Waals surface area (Å²) in [5, 5.41) is 0. The molecule has 0 aromatic carbocycles. The number of nitrogens with zero attached hydrogens (tertiary/aromatic N) is 2. The van der Waals surface area contributed by atoms with Gasteiger partial charge in [-0.2, -0.15) is 0 Å². The zero-order valence-corrected chi connectivity index (χ0v) is 10.7. The fraction of sp³-hybridized carbons (Fsp3) is 0.500. The summed E-state index contributed by atoms with van der Waals surface area (Å²) in [7, 11) is 0. The first-order chi connectivity index (χ1) is 8.01. The predicted molar refractivity (Wildman–Crippen MR) is 69.2 cm³/mol. The van der Waals surface area contributed by atoms with E-state index in [1.165, 1.54) is 0 Å². The standard InChI is InChI=1S/C12H20N4O/c1-4-16(6-5-13)12-10(11(14)17)8(2)7-9(3)15-12/h7H,4-6,13H2,1-3H3,(H2,14,17). The number of hydrogen-bond donors (Lipinski definition) is 2. The summed E-state index contributed by atoms with van der Waals surface area (Å²) in [4.78, 5) is 17.9. The van der Waals surface area contributed by atoms with Crippen LogP contribution in [-0.4, -0.2) is 30.5 Å². The second kappa shape index (κ2) is 5.63. The highest BCUT2D eigenvalue weighted by Gasteiger charge is 2.18. The van der Waals surface area contributed by atoms with Gasteiger partial charge in [0, 0.05) is 25.3 Å². The fourth-order valence-corrected chi connectivity index (χ4v) is 1.92. The molecule has 0 saturated carbocycles. The van der Waals surface area contributed by atoms with E-state index in [0.717, 1.165) is 17.8 Å². The molecule has 17 heavy (non-hydrogen) atoms. The highest BCUT2D eigenvalue weighted by atomic mass is 16.1. The number of rotatable bonds is 5. The van der Waals surface area contributed by atoms with Crippen molar-refractivity contribution >= 4 is 11.7 Å². The number of pyridine rings is 1. The van der Waals surface area contributed by atoms with Crippen LogP contribution in [0.25, 0.3) is 0 Å². The molecule has 0 aliphatic heterocycles. The number of aromatic nitrogens is 1.